The second-order valence-corrected chi connectivity index (χ2v) is 7.45. The molecule has 5 heteroatoms. The molecule has 1 fully saturated rings. The predicted molar refractivity (Wildman–Crippen MR) is 83.9 cm³/mol. The minimum absolute atomic E-state index is 0.0155. The van der Waals surface area contributed by atoms with E-state index in [4.69, 9.17) is 0 Å². The number of carboxylic acids is 1. The van der Waals surface area contributed by atoms with Gasteiger partial charge in [0.25, 0.3) is 5.91 Å². The van der Waals surface area contributed by atoms with Crippen molar-refractivity contribution in [3.63, 3.8) is 0 Å². The van der Waals surface area contributed by atoms with Crippen LogP contribution in [0.25, 0.3) is 0 Å². The summed E-state index contributed by atoms with van der Waals surface area (Å²) in [5, 5.41) is 9.61. The quantitative estimate of drug-likeness (QED) is 0.926. The summed E-state index contributed by atoms with van der Waals surface area (Å²) in [4.78, 5) is 28.3. The molecule has 0 radical (unpaired) electrons. The van der Waals surface area contributed by atoms with E-state index in [2.05, 4.69) is 0 Å². The lowest BCUT2D eigenvalue weighted by Gasteiger charge is -2.40. The van der Waals surface area contributed by atoms with Gasteiger partial charge in [0.2, 0.25) is 0 Å². The number of carbonyl (C=O) groups is 2. The molecule has 0 aliphatic carbocycles. The molecule has 1 unspecified atom stereocenters. The van der Waals surface area contributed by atoms with E-state index in [1.165, 1.54) is 0 Å². The average Bonchev–Trinajstić information content (AvgIpc) is 2.77. The molecule has 1 aliphatic rings. The number of rotatable bonds is 4. The summed E-state index contributed by atoms with van der Waals surface area (Å²) in [6.07, 6.45) is 2.89. The van der Waals surface area contributed by atoms with Gasteiger partial charge in [-0.05, 0) is 39.2 Å². The highest BCUT2D eigenvalue weighted by molar-refractivity contribution is 7.12. The van der Waals surface area contributed by atoms with Crippen LogP contribution in [-0.4, -0.2) is 35.0 Å². The fraction of sp³-hybridized carbons (Fsp3) is 0.625. The first-order valence-electron chi connectivity index (χ1n) is 7.49. The van der Waals surface area contributed by atoms with Crippen LogP contribution < -0.4 is 0 Å². The molecule has 1 atom stereocenters. The Bertz CT molecular complexity index is 548. The number of piperidine rings is 1. The number of hydrogen-bond acceptors (Lipinski definition) is 3. The molecule has 0 aromatic carbocycles. The van der Waals surface area contributed by atoms with Crippen LogP contribution in [0, 0.1) is 19.3 Å². The lowest BCUT2D eigenvalue weighted by atomic mass is 9.76. The number of carbonyl (C=O) groups excluding carboxylic acids is 1. The molecule has 1 saturated heterocycles. The predicted octanol–water partition coefficient (Wildman–Crippen LogP) is 3.47. The molecule has 21 heavy (non-hydrogen) atoms. The summed E-state index contributed by atoms with van der Waals surface area (Å²) in [6, 6.07) is 1.92. The molecule has 1 aromatic heterocycles. The Labute approximate surface area is 129 Å². The minimum atomic E-state index is -0.764. The van der Waals surface area contributed by atoms with Gasteiger partial charge in [0, 0.05) is 22.8 Å². The summed E-state index contributed by atoms with van der Waals surface area (Å²) >= 11 is 1.61. The summed E-state index contributed by atoms with van der Waals surface area (Å²) < 4.78 is 0. The zero-order valence-corrected chi connectivity index (χ0v) is 13.8. The van der Waals surface area contributed by atoms with Gasteiger partial charge in [-0.1, -0.05) is 13.3 Å². The summed E-state index contributed by atoms with van der Waals surface area (Å²) in [5.41, 5.74) is -0.0306. The Balaban J connectivity index is 2.22. The third-order valence-corrected chi connectivity index (χ3v) is 5.28. The first kappa shape index (κ1) is 16.0. The van der Waals surface area contributed by atoms with Crippen LogP contribution in [0.4, 0.5) is 0 Å². The van der Waals surface area contributed by atoms with Crippen molar-refractivity contribution in [3.8, 4) is 0 Å². The van der Waals surface area contributed by atoms with Crippen LogP contribution in [0.1, 0.15) is 52.7 Å². The second-order valence-electron chi connectivity index (χ2n) is 5.99. The number of likely N-dealkylation sites (tertiary alicyclic amines) is 1. The van der Waals surface area contributed by atoms with E-state index in [1.807, 2.05) is 26.8 Å². The molecule has 1 aliphatic heterocycles. The van der Waals surface area contributed by atoms with E-state index in [0.717, 1.165) is 28.2 Å². The molecule has 116 valence electrons. The SMILES string of the molecule is CCCC1(C(=O)O)CCCN(C(=O)c2cc(C)sc2C)C1. The summed E-state index contributed by atoms with van der Waals surface area (Å²) in [7, 11) is 0. The summed E-state index contributed by atoms with van der Waals surface area (Å²) in [6.45, 7) is 6.93. The van der Waals surface area contributed by atoms with Crippen LogP contribution in [0.3, 0.4) is 0 Å². The molecule has 0 bridgehead atoms. The van der Waals surface area contributed by atoms with Gasteiger partial charge in [0.05, 0.1) is 11.0 Å². The van der Waals surface area contributed by atoms with Crippen LogP contribution in [0.5, 0.6) is 0 Å². The van der Waals surface area contributed by atoms with Gasteiger partial charge in [-0.15, -0.1) is 11.3 Å². The maximum absolute atomic E-state index is 12.7. The van der Waals surface area contributed by atoms with E-state index in [0.29, 0.717) is 25.9 Å². The van der Waals surface area contributed by atoms with Gasteiger partial charge in [-0.3, -0.25) is 9.59 Å². The Hall–Kier alpha value is -1.36. The maximum Gasteiger partial charge on any atom is 0.311 e. The first-order chi connectivity index (χ1) is 9.89. The molecule has 2 rings (SSSR count). The molecular weight excluding hydrogens is 286 g/mol. The molecule has 1 aromatic rings. The van der Waals surface area contributed by atoms with E-state index < -0.39 is 11.4 Å². The van der Waals surface area contributed by atoms with Crippen LogP contribution in [0.2, 0.25) is 0 Å². The zero-order chi connectivity index (χ0) is 15.6. The third-order valence-electron chi connectivity index (χ3n) is 4.32. The van der Waals surface area contributed by atoms with E-state index in [9.17, 15) is 14.7 Å². The molecule has 0 spiro atoms. The average molecular weight is 309 g/mol. The maximum atomic E-state index is 12.7. The van der Waals surface area contributed by atoms with Gasteiger partial charge in [-0.2, -0.15) is 0 Å². The van der Waals surface area contributed by atoms with Gasteiger partial charge >= 0.3 is 5.97 Å². The van der Waals surface area contributed by atoms with Gasteiger partial charge in [0.15, 0.2) is 0 Å². The normalized spacial score (nSPS) is 22.3. The topological polar surface area (TPSA) is 57.6 Å². The highest BCUT2D eigenvalue weighted by Gasteiger charge is 2.43. The van der Waals surface area contributed by atoms with Crippen molar-refractivity contribution in [2.24, 2.45) is 5.41 Å². The Morgan fingerprint density at radius 1 is 1.43 bits per heavy atom. The number of nitrogens with zero attached hydrogens (tertiary/aromatic N) is 1. The lowest BCUT2D eigenvalue weighted by Crippen LogP contribution is -2.50. The minimum Gasteiger partial charge on any atom is -0.481 e. The van der Waals surface area contributed by atoms with Crippen molar-refractivity contribution in [2.75, 3.05) is 13.1 Å². The molecule has 1 N–H and O–H groups in total. The second kappa shape index (κ2) is 6.18. The van der Waals surface area contributed by atoms with E-state index >= 15 is 0 Å². The largest absolute Gasteiger partial charge is 0.481 e. The van der Waals surface area contributed by atoms with Crippen molar-refractivity contribution in [1.29, 1.82) is 0 Å². The fourth-order valence-corrected chi connectivity index (χ4v) is 4.20. The number of aliphatic carboxylic acids is 1. The molecule has 2 heterocycles. The number of hydrogen-bond donors (Lipinski definition) is 1. The Morgan fingerprint density at radius 3 is 2.67 bits per heavy atom. The van der Waals surface area contributed by atoms with Crippen molar-refractivity contribution in [2.45, 2.75) is 46.5 Å². The molecule has 4 nitrogen and oxygen atoms in total. The number of carboxylic acid groups (broad SMARTS) is 1. The summed E-state index contributed by atoms with van der Waals surface area (Å²) in [5.74, 6) is -0.779. The molecule has 1 amide bonds. The van der Waals surface area contributed by atoms with Crippen LogP contribution in [0.15, 0.2) is 6.07 Å². The van der Waals surface area contributed by atoms with Crippen molar-refractivity contribution in [3.05, 3.63) is 21.4 Å². The number of amides is 1. The van der Waals surface area contributed by atoms with E-state index in [-0.39, 0.29) is 5.91 Å². The van der Waals surface area contributed by atoms with Crippen LogP contribution in [-0.2, 0) is 4.79 Å². The first-order valence-corrected chi connectivity index (χ1v) is 8.31. The van der Waals surface area contributed by atoms with Crippen molar-refractivity contribution >= 4 is 23.2 Å². The van der Waals surface area contributed by atoms with Crippen molar-refractivity contribution in [1.82, 2.24) is 4.90 Å². The smallest absolute Gasteiger partial charge is 0.311 e. The fourth-order valence-electron chi connectivity index (χ4n) is 3.28. The Kier molecular flexibility index (Phi) is 4.71. The van der Waals surface area contributed by atoms with Crippen molar-refractivity contribution < 1.29 is 14.7 Å². The standard InChI is InChI=1S/C16H23NO3S/c1-4-6-16(15(19)20)7-5-8-17(10-16)14(18)13-9-11(2)21-12(13)3/h9H,4-8,10H2,1-3H3,(H,19,20). The van der Waals surface area contributed by atoms with Gasteiger partial charge in [0.1, 0.15) is 0 Å². The van der Waals surface area contributed by atoms with Gasteiger partial charge in [-0.25, -0.2) is 0 Å². The highest BCUT2D eigenvalue weighted by atomic mass is 32.1. The van der Waals surface area contributed by atoms with E-state index in [1.54, 1.807) is 16.2 Å². The third kappa shape index (κ3) is 3.12. The number of thiophene rings is 1. The zero-order valence-electron chi connectivity index (χ0n) is 12.9. The molecule has 0 saturated carbocycles. The monoisotopic (exact) mass is 309 g/mol. The van der Waals surface area contributed by atoms with Gasteiger partial charge < -0.3 is 10.0 Å². The lowest BCUT2D eigenvalue weighted by molar-refractivity contribution is -0.152. The van der Waals surface area contributed by atoms with Crippen LogP contribution >= 0.6 is 11.3 Å². The molecular formula is C16H23NO3S. The number of aryl methyl sites for hydroxylation is 2. The highest BCUT2D eigenvalue weighted by Crippen LogP contribution is 2.36. The Morgan fingerprint density at radius 2 is 2.14 bits per heavy atom.